The van der Waals surface area contributed by atoms with Gasteiger partial charge in [0.25, 0.3) is 0 Å². The zero-order valence-electron chi connectivity index (χ0n) is 9.29. The third kappa shape index (κ3) is 1.26. The highest BCUT2D eigenvalue weighted by molar-refractivity contribution is 5.30. The number of rotatable bonds is 2. The molecule has 3 heteroatoms. The highest BCUT2D eigenvalue weighted by Crippen LogP contribution is 2.63. The molecule has 3 rings (SSSR count). The first-order valence-electron chi connectivity index (χ1n) is 5.99. The van der Waals surface area contributed by atoms with Crippen LogP contribution in [0.15, 0.2) is 6.20 Å². The molecule has 1 spiro atoms. The lowest BCUT2D eigenvalue weighted by Crippen LogP contribution is -2.30. The van der Waals surface area contributed by atoms with Crippen LogP contribution < -0.4 is 5.73 Å². The average Bonchev–Trinajstić information content (AvgIpc) is 2.85. The fourth-order valence-electron chi connectivity index (χ4n) is 3.38. The summed E-state index contributed by atoms with van der Waals surface area (Å²) in [5.41, 5.74) is 9.24. The first kappa shape index (κ1) is 9.40. The van der Waals surface area contributed by atoms with Gasteiger partial charge in [-0.25, -0.2) is 0 Å². The molecule has 82 valence electrons. The molecule has 1 saturated carbocycles. The Morgan fingerprint density at radius 2 is 2.40 bits per heavy atom. The summed E-state index contributed by atoms with van der Waals surface area (Å²) in [6.45, 7) is 3.06. The number of aryl methyl sites for hydroxylation is 1. The van der Waals surface area contributed by atoms with E-state index < -0.39 is 0 Å². The molecular formula is C12H19N3. The molecule has 0 saturated heterocycles. The van der Waals surface area contributed by atoms with Gasteiger partial charge >= 0.3 is 0 Å². The quantitative estimate of drug-likeness (QED) is 0.773. The van der Waals surface area contributed by atoms with Crippen LogP contribution >= 0.6 is 0 Å². The molecule has 0 radical (unpaired) electrons. The van der Waals surface area contributed by atoms with Crippen molar-refractivity contribution in [2.75, 3.05) is 6.54 Å². The van der Waals surface area contributed by atoms with E-state index in [0.717, 1.165) is 6.54 Å². The van der Waals surface area contributed by atoms with Crippen molar-refractivity contribution in [3.05, 3.63) is 17.5 Å². The Bertz CT molecular complexity index is 365. The molecule has 15 heavy (non-hydrogen) atoms. The van der Waals surface area contributed by atoms with Gasteiger partial charge in [-0.15, -0.1) is 0 Å². The van der Waals surface area contributed by atoms with Gasteiger partial charge in [-0.1, -0.05) is 6.92 Å². The maximum absolute atomic E-state index is 5.84. The highest BCUT2D eigenvalue weighted by atomic mass is 15.1. The van der Waals surface area contributed by atoms with Gasteiger partial charge in [0.05, 0.1) is 6.20 Å². The second-order valence-corrected chi connectivity index (χ2v) is 5.36. The number of fused-ring (bicyclic) bond motifs is 1. The normalized spacial score (nSPS) is 28.8. The molecule has 2 aliphatic rings. The smallest absolute Gasteiger partial charge is 0.0522 e. The van der Waals surface area contributed by atoms with Crippen LogP contribution in [0.2, 0.25) is 0 Å². The number of aromatic amines is 1. The lowest BCUT2D eigenvalue weighted by molar-refractivity contribution is 0.267. The lowest BCUT2D eigenvalue weighted by Gasteiger charge is -2.35. The Morgan fingerprint density at radius 3 is 3.07 bits per heavy atom. The molecule has 0 aliphatic heterocycles. The van der Waals surface area contributed by atoms with Crippen LogP contribution in [0, 0.1) is 11.3 Å². The molecule has 2 atom stereocenters. The monoisotopic (exact) mass is 205 g/mol. The average molecular weight is 205 g/mol. The van der Waals surface area contributed by atoms with Gasteiger partial charge in [-0.2, -0.15) is 5.10 Å². The summed E-state index contributed by atoms with van der Waals surface area (Å²) in [6.07, 6.45) is 7.33. The number of nitrogens with zero attached hydrogens (tertiary/aromatic N) is 1. The number of hydrogen-bond acceptors (Lipinski definition) is 2. The predicted molar refractivity (Wildman–Crippen MR) is 59.5 cm³/mol. The van der Waals surface area contributed by atoms with E-state index in [4.69, 9.17) is 5.73 Å². The largest absolute Gasteiger partial charge is 0.330 e. The van der Waals surface area contributed by atoms with Gasteiger partial charge in [-0.05, 0) is 49.1 Å². The molecule has 0 amide bonds. The second-order valence-electron chi connectivity index (χ2n) is 5.36. The fourth-order valence-corrected chi connectivity index (χ4v) is 3.38. The standard InChI is InChI=1S/C12H19N3/c1-8(6-13)10-11-9(7-14-15-11)2-3-12(10)4-5-12/h7-8,10H,2-6,13H2,1H3,(H,14,15). The summed E-state index contributed by atoms with van der Waals surface area (Å²) in [4.78, 5) is 0. The molecule has 1 aromatic rings. The first-order chi connectivity index (χ1) is 7.27. The third-order valence-corrected chi connectivity index (χ3v) is 4.45. The van der Waals surface area contributed by atoms with Crippen LogP contribution in [-0.2, 0) is 6.42 Å². The fraction of sp³-hybridized carbons (Fsp3) is 0.750. The highest BCUT2D eigenvalue weighted by Gasteiger charge is 2.53. The zero-order valence-corrected chi connectivity index (χ0v) is 9.29. The molecule has 1 fully saturated rings. The van der Waals surface area contributed by atoms with Gasteiger partial charge in [-0.3, -0.25) is 5.10 Å². The van der Waals surface area contributed by atoms with Crippen LogP contribution in [0.5, 0.6) is 0 Å². The molecule has 3 N–H and O–H groups in total. The van der Waals surface area contributed by atoms with Gasteiger partial charge in [0, 0.05) is 11.6 Å². The van der Waals surface area contributed by atoms with Crippen molar-refractivity contribution >= 4 is 0 Å². The second kappa shape index (κ2) is 3.08. The number of aromatic nitrogens is 2. The van der Waals surface area contributed by atoms with E-state index in [0.29, 0.717) is 17.3 Å². The number of nitrogens with two attached hydrogens (primary N) is 1. The van der Waals surface area contributed by atoms with Crippen molar-refractivity contribution in [2.45, 2.75) is 38.5 Å². The maximum atomic E-state index is 5.84. The van der Waals surface area contributed by atoms with E-state index in [9.17, 15) is 0 Å². The van der Waals surface area contributed by atoms with E-state index in [1.165, 1.54) is 36.9 Å². The summed E-state index contributed by atoms with van der Waals surface area (Å²) in [6, 6.07) is 0. The van der Waals surface area contributed by atoms with Gasteiger partial charge in [0.2, 0.25) is 0 Å². The molecule has 2 unspecified atom stereocenters. The topological polar surface area (TPSA) is 54.7 Å². The predicted octanol–water partition coefficient (Wildman–Crippen LogP) is 1.81. The molecule has 1 heterocycles. The van der Waals surface area contributed by atoms with Crippen LogP contribution in [0.3, 0.4) is 0 Å². The van der Waals surface area contributed by atoms with Crippen LogP contribution in [-0.4, -0.2) is 16.7 Å². The van der Waals surface area contributed by atoms with Crippen molar-refractivity contribution in [1.29, 1.82) is 0 Å². The van der Waals surface area contributed by atoms with Crippen molar-refractivity contribution in [2.24, 2.45) is 17.1 Å². The van der Waals surface area contributed by atoms with E-state index in [1.807, 2.05) is 6.20 Å². The summed E-state index contributed by atoms with van der Waals surface area (Å²) in [7, 11) is 0. The summed E-state index contributed by atoms with van der Waals surface area (Å²) in [5, 5.41) is 7.41. The minimum Gasteiger partial charge on any atom is -0.330 e. The summed E-state index contributed by atoms with van der Waals surface area (Å²) >= 11 is 0. The molecule has 3 nitrogen and oxygen atoms in total. The Morgan fingerprint density at radius 1 is 1.60 bits per heavy atom. The molecule has 1 aromatic heterocycles. The van der Waals surface area contributed by atoms with E-state index in [-0.39, 0.29) is 0 Å². The van der Waals surface area contributed by atoms with Gasteiger partial charge in [0.15, 0.2) is 0 Å². The van der Waals surface area contributed by atoms with Crippen molar-refractivity contribution in [3.63, 3.8) is 0 Å². The van der Waals surface area contributed by atoms with Crippen molar-refractivity contribution in [3.8, 4) is 0 Å². The Kier molecular flexibility index (Phi) is 1.93. The van der Waals surface area contributed by atoms with E-state index >= 15 is 0 Å². The van der Waals surface area contributed by atoms with Gasteiger partial charge < -0.3 is 5.73 Å². The molecule has 2 aliphatic carbocycles. The third-order valence-electron chi connectivity index (χ3n) is 4.45. The lowest BCUT2D eigenvalue weighted by atomic mass is 9.70. The molecule has 0 aromatic carbocycles. The Hall–Kier alpha value is -0.830. The summed E-state index contributed by atoms with van der Waals surface area (Å²) in [5.74, 6) is 1.21. The number of H-pyrrole nitrogens is 1. The van der Waals surface area contributed by atoms with Crippen LogP contribution in [0.4, 0.5) is 0 Å². The van der Waals surface area contributed by atoms with Crippen molar-refractivity contribution < 1.29 is 0 Å². The minimum absolute atomic E-state index is 0.576. The summed E-state index contributed by atoms with van der Waals surface area (Å²) < 4.78 is 0. The Balaban J connectivity index is 2.01. The van der Waals surface area contributed by atoms with E-state index in [1.54, 1.807) is 0 Å². The maximum Gasteiger partial charge on any atom is 0.0522 e. The number of hydrogen-bond donors (Lipinski definition) is 2. The number of nitrogens with one attached hydrogen (secondary N) is 1. The van der Waals surface area contributed by atoms with Crippen LogP contribution in [0.1, 0.15) is 43.4 Å². The molecular weight excluding hydrogens is 186 g/mol. The van der Waals surface area contributed by atoms with Crippen molar-refractivity contribution in [1.82, 2.24) is 10.2 Å². The van der Waals surface area contributed by atoms with Crippen LogP contribution in [0.25, 0.3) is 0 Å². The Labute approximate surface area is 90.4 Å². The van der Waals surface area contributed by atoms with Gasteiger partial charge in [0.1, 0.15) is 0 Å². The minimum atomic E-state index is 0.576. The zero-order chi connectivity index (χ0) is 10.5. The molecule has 0 bridgehead atoms. The SMILES string of the molecule is CC(CN)C1c2[nH]ncc2CCC12CC2. The van der Waals surface area contributed by atoms with E-state index in [2.05, 4.69) is 17.1 Å². The first-order valence-corrected chi connectivity index (χ1v) is 5.99.